The van der Waals surface area contributed by atoms with Crippen molar-refractivity contribution in [3.8, 4) is 11.5 Å². The Bertz CT molecular complexity index is 833. The maximum Gasteiger partial charge on any atom is 0.274 e. The van der Waals surface area contributed by atoms with Crippen molar-refractivity contribution in [1.82, 2.24) is 19.8 Å². The molecule has 1 aromatic heterocycles. The normalized spacial score (nSPS) is 14.0. The Balaban J connectivity index is 1.70. The summed E-state index contributed by atoms with van der Waals surface area (Å²) in [5.74, 6) is 0.887. The summed E-state index contributed by atoms with van der Waals surface area (Å²) < 4.78 is 10.7. The van der Waals surface area contributed by atoms with E-state index in [1.165, 1.54) is 25.7 Å². The zero-order valence-corrected chi connectivity index (χ0v) is 15.6. The highest BCUT2D eigenvalue weighted by Crippen LogP contribution is 2.32. The number of hydrogen-bond acceptors (Lipinski definition) is 6. The van der Waals surface area contributed by atoms with Gasteiger partial charge in [-0.15, -0.1) is 0 Å². The quantitative estimate of drug-likeness (QED) is 0.809. The number of rotatable bonds is 4. The van der Waals surface area contributed by atoms with E-state index in [4.69, 9.17) is 9.47 Å². The van der Waals surface area contributed by atoms with Gasteiger partial charge in [0.15, 0.2) is 0 Å². The van der Waals surface area contributed by atoms with Crippen LogP contribution in [-0.4, -0.2) is 72.0 Å². The van der Waals surface area contributed by atoms with Crippen molar-refractivity contribution in [3.63, 3.8) is 0 Å². The van der Waals surface area contributed by atoms with Crippen molar-refractivity contribution in [2.24, 2.45) is 0 Å². The lowest BCUT2D eigenvalue weighted by Gasteiger charge is -2.34. The molecule has 0 atom stereocenters. The molecule has 0 N–H and O–H groups in total. The van der Waals surface area contributed by atoms with Crippen LogP contribution in [0.2, 0.25) is 0 Å². The van der Waals surface area contributed by atoms with Gasteiger partial charge in [0.1, 0.15) is 17.2 Å². The number of benzene rings is 1. The number of hydrogen-bond donors (Lipinski definition) is 0. The van der Waals surface area contributed by atoms with Crippen LogP contribution in [0.15, 0.2) is 30.7 Å². The van der Waals surface area contributed by atoms with Gasteiger partial charge in [0.05, 0.1) is 26.0 Å². The highest BCUT2D eigenvalue weighted by Gasteiger charge is 2.28. The largest absolute Gasteiger partial charge is 0.496 e. The number of amides is 2. The van der Waals surface area contributed by atoms with E-state index in [1.807, 2.05) is 6.92 Å². The van der Waals surface area contributed by atoms with Crippen LogP contribution in [-0.2, 0) is 0 Å². The lowest BCUT2D eigenvalue weighted by atomic mass is 10.1. The standard InChI is InChI=1S/C19H22N4O4/c1-13-16(26-2)5-4-14(17(13)27-3)18(24)22-8-10-23(11-9-22)19(25)15-12-20-6-7-21-15/h4-7,12H,8-11H2,1-3H3. The zero-order valence-electron chi connectivity index (χ0n) is 15.6. The van der Waals surface area contributed by atoms with E-state index in [0.29, 0.717) is 48.9 Å². The fraction of sp³-hybridized carbons (Fsp3) is 0.368. The van der Waals surface area contributed by atoms with Crippen LogP contribution in [0, 0.1) is 6.92 Å². The van der Waals surface area contributed by atoms with Crippen LogP contribution in [0.5, 0.6) is 11.5 Å². The molecule has 0 aliphatic carbocycles. The molecule has 8 nitrogen and oxygen atoms in total. The van der Waals surface area contributed by atoms with Gasteiger partial charge in [-0.1, -0.05) is 0 Å². The number of piperazine rings is 1. The summed E-state index contributed by atoms with van der Waals surface area (Å²) in [5.41, 5.74) is 1.58. The molecular weight excluding hydrogens is 348 g/mol. The van der Waals surface area contributed by atoms with Gasteiger partial charge in [-0.25, -0.2) is 4.98 Å². The van der Waals surface area contributed by atoms with Crippen molar-refractivity contribution in [2.75, 3.05) is 40.4 Å². The SMILES string of the molecule is COc1ccc(C(=O)N2CCN(C(=O)c3cnccn3)CC2)c(OC)c1C. The summed E-state index contributed by atoms with van der Waals surface area (Å²) in [7, 11) is 3.12. The van der Waals surface area contributed by atoms with Gasteiger partial charge in [0.25, 0.3) is 11.8 Å². The Hall–Kier alpha value is -3.16. The van der Waals surface area contributed by atoms with Crippen molar-refractivity contribution in [2.45, 2.75) is 6.92 Å². The molecule has 1 fully saturated rings. The highest BCUT2D eigenvalue weighted by molar-refractivity contribution is 5.98. The molecule has 1 aliphatic rings. The fourth-order valence-electron chi connectivity index (χ4n) is 3.18. The summed E-state index contributed by atoms with van der Waals surface area (Å²) in [6.07, 6.45) is 4.47. The smallest absolute Gasteiger partial charge is 0.274 e. The Morgan fingerprint density at radius 3 is 2.19 bits per heavy atom. The predicted molar refractivity (Wildman–Crippen MR) is 98.1 cm³/mol. The van der Waals surface area contributed by atoms with Gasteiger partial charge in [-0.05, 0) is 19.1 Å². The minimum atomic E-state index is -0.173. The fourth-order valence-corrected chi connectivity index (χ4v) is 3.18. The minimum Gasteiger partial charge on any atom is -0.496 e. The topological polar surface area (TPSA) is 84.9 Å². The second-order valence-corrected chi connectivity index (χ2v) is 6.15. The van der Waals surface area contributed by atoms with Crippen molar-refractivity contribution in [3.05, 3.63) is 47.5 Å². The number of carbonyl (C=O) groups excluding carboxylic acids is 2. The van der Waals surface area contributed by atoms with E-state index in [-0.39, 0.29) is 11.8 Å². The number of nitrogens with zero attached hydrogens (tertiary/aromatic N) is 4. The van der Waals surface area contributed by atoms with E-state index in [0.717, 1.165) is 5.56 Å². The molecule has 0 bridgehead atoms. The molecule has 0 spiro atoms. The second-order valence-electron chi connectivity index (χ2n) is 6.15. The van der Waals surface area contributed by atoms with Crippen LogP contribution in [0.1, 0.15) is 26.4 Å². The molecule has 27 heavy (non-hydrogen) atoms. The third-order valence-electron chi connectivity index (χ3n) is 4.65. The Labute approximate surface area is 157 Å². The molecule has 8 heteroatoms. The highest BCUT2D eigenvalue weighted by atomic mass is 16.5. The van der Waals surface area contributed by atoms with Gasteiger partial charge in [0, 0.05) is 44.1 Å². The lowest BCUT2D eigenvalue weighted by Crippen LogP contribution is -2.50. The number of ether oxygens (including phenoxy) is 2. The molecule has 0 unspecified atom stereocenters. The maximum absolute atomic E-state index is 13.0. The van der Waals surface area contributed by atoms with Gasteiger partial charge < -0.3 is 19.3 Å². The average molecular weight is 370 g/mol. The molecule has 1 aromatic carbocycles. The molecule has 0 radical (unpaired) electrons. The summed E-state index contributed by atoms with van der Waals surface area (Å²) in [4.78, 5) is 36.8. The van der Waals surface area contributed by atoms with E-state index >= 15 is 0 Å². The molecule has 142 valence electrons. The van der Waals surface area contributed by atoms with Crippen molar-refractivity contribution >= 4 is 11.8 Å². The Morgan fingerprint density at radius 2 is 1.63 bits per heavy atom. The molecule has 1 aliphatic heterocycles. The first-order valence-electron chi connectivity index (χ1n) is 8.63. The first kappa shape index (κ1) is 18.6. The average Bonchev–Trinajstić information content (AvgIpc) is 2.73. The van der Waals surface area contributed by atoms with Crippen molar-refractivity contribution in [1.29, 1.82) is 0 Å². The van der Waals surface area contributed by atoms with E-state index in [1.54, 1.807) is 29.0 Å². The predicted octanol–water partition coefficient (Wildman–Crippen LogP) is 1.40. The van der Waals surface area contributed by atoms with Gasteiger partial charge in [0.2, 0.25) is 0 Å². The third kappa shape index (κ3) is 3.69. The van der Waals surface area contributed by atoms with Crippen LogP contribution in [0.4, 0.5) is 0 Å². The molecule has 1 saturated heterocycles. The van der Waals surface area contributed by atoms with Crippen LogP contribution in [0.25, 0.3) is 0 Å². The summed E-state index contributed by atoms with van der Waals surface area (Å²) in [6.45, 7) is 3.63. The van der Waals surface area contributed by atoms with Crippen molar-refractivity contribution < 1.29 is 19.1 Å². The van der Waals surface area contributed by atoms with Crippen LogP contribution in [0.3, 0.4) is 0 Å². The molecule has 2 amide bonds. The first-order valence-corrected chi connectivity index (χ1v) is 8.63. The maximum atomic E-state index is 13.0. The number of aromatic nitrogens is 2. The molecular formula is C19H22N4O4. The van der Waals surface area contributed by atoms with E-state index in [2.05, 4.69) is 9.97 Å². The van der Waals surface area contributed by atoms with Gasteiger partial charge in [-0.2, -0.15) is 0 Å². The second kappa shape index (κ2) is 8.03. The van der Waals surface area contributed by atoms with Gasteiger partial charge in [-0.3, -0.25) is 14.6 Å². The Morgan fingerprint density at radius 1 is 0.963 bits per heavy atom. The third-order valence-corrected chi connectivity index (χ3v) is 4.65. The molecule has 0 saturated carbocycles. The lowest BCUT2D eigenvalue weighted by molar-refractivity contribution is 0.0530. The summed E-state index contributed by atoms with van der Waals surface area (Å²) in [6, 6.07) is 3.48. The summed E-state index contributed by atoms with van der Waals surface area (Å²) in [5, 5.41) is 0. The minimum absolute atomic E-state index is 0.121. The zero-order chi connectivity index (χ0) is 19.4. The first-order chi connectivity index (χ1) is 13.1. The van der Waals surface area contributed by atoms with Crippen LogP contribution >= 0.6 is 0 Å². The van der Waals surface area contributed by atoms with E-state index in [9.17, 15) is 9.59 Å². The molecule has 2 heterocycles. The van der Waals surface area contributed by atoms with E-state index < -0.39 is 0 Å². The molecule has 3 rings (SSSR count). The number of methoxy groups -OCH3 is 2. The monoisotopic (exact) mass is 370 g/mol. The number of carbonyl (C=O) groups is 2. The van der Waals surface area contributed by atoms with Crippen LogP contribution < -0.4 is 9.47 Å². The van der Waals surface area contributed by atoms with Gasteiger partial charge >= 0.3 is 0 Å². The Kier molecular flexibility index (Phi) is 5.54. The molecule has 2 aromatic rings. The summed E-state index contributed by atoms with van der Waals surface area (Å²) >= 11 is 0.